The van der Waals surface area contributed by atoms with Crippen LogP contribution in [0.1, 0.15) is 36.0 Å². The van der Waals surface area contributed by atoms with E-state index in [2.05, 4.69) is 21.2 Å². The molecule has 1 amide bonds. The first-order chi connectivity index (χ1) is 9.10. The summed E-state index contributed by atoms with van der Waals surface area (Å²) in [6.45, 7) is 0. The highest BCUT2D eigenvalue weighted by atomic mass is 79.9. The third kappa shape index (κ3) is 4.36. The Morgan fingerprint density at radius 3 is 2.60 bits per heavy atom. The van der Waals surface area contributed by atoms with Gasteiger partial charge in [0.25, 0.3) is 5.91 Å². The van der Waals surface area contributed by atoms with Crippen molar-refractivity contribution in [2.75, 3.05) is 7.11 Å². The van der Waals surface area contributed by atoms with Crippen LogP contribution in [-0.2, 0) is 0 Å². The Kier molecular flexibility index (Phi) is 6.79. The topological polar surface area (TPSA) is 64.3 Å². The zero-order valence-corrected chi connectivity index (χ0v) is 13.8. The Balaban J connectivity index is 0.00000200. The van der Waals surface area contributed by atoms with Gasteiger partial charge in [0.1, 0.15) is 5.75 Å². The number of carbonyl (C=O) groups is 1. The number of benzene rings is 1. The molecule has 20 heavy (non-hydrogen) atoms. The summed E-state index contributed by atoms with van der Waals surface area (Å²) in [4.78, 5) is 12.2. The minimum atomic E-state index is -0.0789. The molecule has 0 saturated heterocycles. The number of halogens is 2. The van der Waals surface area contributed by atoms with Crippen molar-refractivity contribution in [1.29, 1.82) is 0 Å². The van der Waals surface area contributed by atoms with Crippen molar-refractivity contribution < 1.29 is 9.53 Å². The molecule has 1 aromatic carbocycles. The molecule has 0 atom stereocenters. The van der Waals surface area contributed by atoms with E-state index in [1.807, 2.05) is 6.07 Å². The first-order valence-corrected chi connectivity index (χ1v) is 7.29. The van der Waals surface area contributed by atoms with E-state index < -0.39 is 0 Å². The van der Waals surface area contributed by atoms with Gasteiger partial charge in [-0.05, 0) is 43.9 Å². The van der Waals surface area contributed by atoms with E-state index in [1.54, 1.807) is 19.2 Å². The quantitative estimate of drug-likeness (QED) is 0.868. The lowest BCUT2D eigenvalue weighted by atomic mass is 9.91. The fourth-order valence-electron chi connectivity index (χ4n) is 2.38. The number of hydrogen-bond donors (Lipinski definition) is 2. The molecule has 112 valence electrons. The minimum Gasteiger partial charge on any atom is -0.496 e. The molecule has 0 bridgehead atoms. The van der Waals surface area contributed by atoms with Crippen LogP contribution in [-0.4, -0.2) is 25.1 Å². The molecule has 6 heteroatoms. The Morgan fingerprint density at radius 2 is 2.00 bits per heavy atom. The first-order valence-electron chi connectivity index (χ1n) is 6.50. The summed E-state index contributed by atoms with van der Waals surface area (Å²) >= 11 is 3.37. The molecule has 1 aromatic rings. The number of ether oxygens (including phenoxy) is 1. The van der Waals surface area contributed by atoms with E-state index >= 15 is 0 Å². The van der Waals surface area contributed by atoms with Gasteiger partial charge in [-0.3, -0.25) is 4.79 Å². The summed E-state index contributed by atoms with van der Waals surface area (Å²) in [5, 5.41) is 3.06. The Labute approximate surface area is 134 Å². The zero-order chi connectivity index (χ0) is 13.8. The molecule has 4 nitrogen and oxygen atoms in total. The molecular weight excluding hydrogens is 344 g/mol. The Bertz CT molecular complexity index is 462. The highest BCUT2D eigenvalue weighted by molar-refractivity contribution is 9.10. The second-order valence-electron chi connectivity index (χ2n) is 4.93. The number of amides is 1. The number of nitrogens with two attached hydrogens (primary N) is 1. The third-order valence-corrected chi connectivity index (χ3v) is 4.01. The van der Waals surface area contributed by atoms with Gasteiger partial charge in [0.2, 0.25) is 0 Å². The lowest BCUT2D eigenvalue weighted by molar-refractivity contribution is 0.0923. The highest BCUT2D eigenvalue weighted by Gasteiger charge is 2.21. The number of methoxy groups -OCH3 is 1. The summed E-state index contributed by atoms with van der Waals surface area (Å²) in [5.74, 6) is 0.504. The van der Waals surface area contributed by atoms with Crippen molar-refractivity contribution in [2.24, 2.45) is 5.73 Å². The number of carbonyl (C=O) groups excluding carboxylic acids is 1. The van der Waals surface area contributed by atoms with Gasteiger partial charge in [-0.25, -0.2) is 0 Å². The van der Waals surface area contributed by atoms with Crippen molar-refractivity contribution in [3.8, 4) is 5.75 Å². The normalized spacial score (nSPS) is 21.8. The largest absolute Gasteiger partial charge is 0.496 e. The molecule has 0 spiro atoms. The van der Waals surface area contributed by atoms with E-state index in [-0.39, 0.29) is 30.4 Å². The van der Waals surface area contributed by atoms with Crippen LogP contribution in [0.4, 0.5) is 0 Å². The maximum absolute atomic E-state index is 12.2. The fraction of sp³-hybridized carbons (Fsp3) is 0.500. The van der Waals surface area contributed by atoms with Crippen molar-refractivity contribution in [1.82, 2.24) is 5.32 Å². The van der Waals surface area contributed by atoms with Crippen LogP contribution in [0.5, 0.6) is 5.75 Å². The SMILES string of the molecule is COc1cc(Br)ccc1C(=O)NC1CCC(N)CC1.Cl. The fourth-order valence-corrected chi connectivity index (χ4v) is 2.72. The summed E-state index contributed by atoms with van der Waals surface area (Å²) < 4.78 is 6.14. The van der Waals surface area contributed by atoms with E-state index in [4.69, 9.17) is 10.5 Å². The molecule has 0 aromatic heterocycles. The molecule has 0 heterocycles. The molecular formula is C14H20BrClN2O2. The second-order valence-corrected chi connectivity index (χ2v) is 5.85. The molecule has 2 rings (SSSR count). The number of nitrogens with one attached hydrogen (secondary N) is 1. The second kappa shape index (κ2) is 7.86. The average Bonchev–Trinajstić information content (AvgIpc) is 2.41. The van der Waals surface area contributed by atoms with Gasteiger partial charge in [-0.15, -0.1) is 12.4 Å². The molecule has 1 saturated carbocycles. The van der Waals surface area contributed by atoms with Crippen LogP contribution in [0, 0.1) is 0 Å². The van der Waals surface area contributed by atoms with E-state index in [0.29, 0.717) is 11.3 Å². The predicted molar refractivity (Wildman–Crippen MR) is 85.6 cm³/mol. The molecule has 1 fully saturated rings. The smallest absolute Gasteiger partial charge is 0.255 e. The molecule has 1 aliphatic rings. The van der Waals surface area contributed by atoms with E-state index in [0.717, 1.165) is 30.2 Å². The summed E-state index contributed by atoms with van der Waals surface area (Å²) in [6.07, 6.45) is 3.85. The maximum atomic E-state index is 12.2. The summed E-state index contributed by atoms with van der Waals surface area (Å²) in [5.41, 5.74) is 6.43. The molecule has 3 N–H and O–H groups in total. The molecule has 0 aliphatic heterocycles. The number of hydrogen-bond acceptors (Lipinski definition) is 3. The van der Waals surface area contributed by atoms with Crippen LogP contribution in [0.25, 0.3) is 0 Å². The van der Waals surface area contributed by atoms with Crippen LogP contribution < -0.4 is 15.8 Å². The Hall–Kier alpha value is -0.780. The van der Waals surface area contributed by atoms with Gasteiger partial charge in [0.15, 0.2) is 0 Å². The van der Waals surface area contributed by atoms with Crippen molar-refractivity contribution in [3.05, 3.63) is 28.2 Å². The third-order valence-electron chi connectivity index (χ3n) is 3.52. The average molecular weight is 364 g/mol. The van der Waals surface area contributed by atoms with E-state index in [1.165, 1.54) is 0 Å². The number of rotatable bonds is 3. The van der Waals surface area contributed by atoms with Crippen LogP contribution in [0.2, 0.25) is 0 Å². The lowest BCUT2D eigenvalue weighted by Gasteiger charge is -2.27. The monoisotopic (exact) mass is 362 g/mol. The summed E-state index contributed by atoms with van der Waals surface area (Å²) in [6, 6.07) is 5.92. The van der Waals surface area contributed by atoms with Gasteiger partial charge in [0, 0.05) is 16.6 Å². The van der Waals surface area contributed by atoms with Crippen molar-refractivity contribution in [3.63, 3.8) is 0 Å². The minimum absolute atomic E-state index is 0. The van der Waals surface area contributed by atoms with Gasteiger partial charge in [0.05, 0.1) is 12.7 Å². The van der Waals surface area contributed by atoms with Crippen LogP contribution >= 0.6 is 28.3 Å². The van der Waals surface area contributed by atoms with Gasteiger partial charge < -0.3 is 15.8 Å². The Morgan fingerprint density at radius 1 is 1.35 bits per heavy atom. The molecule has 1 aliphatic carbocycles. The van der Waals surface area contributed by atoms with Crippen molar-refractivity contribution in [2.45, 2.75) is 37.8 Å². The highest BCUT2D eigenvalue weighted by Crippen LogP contribution is 2.24. The van der Waals surface area contributed by atoms with E-state index in [9.17, 15) is 4.79 Å². The first kappa shape index (κ1) is 17.3. The summed E-state index contributed by atoms with van der Waals surface area (Å²) in [7, 11) is 1.57. The van der Waals surface area contributed by atoms with Gasteiger partial charge in [-0.1, -0.05) is 15.9 Å². The predicted octanol–water partition coefficient (Wildman–Crippen LogP) is 2.88. The zero-order valence-electron chi connectivity index (χ0n) is 11.4. The van der Waals surface area contributed by atoms with Crippen LogP contribution in [0.15, 0.2) is 22.7 Å². The van der Waals surface area contributed by atoms with Crippen LogP contribution in [0.3, 0.4) is 0 Å². The molecule has 0 unspecified atom stereocenters. The lowest BCUT2D eigenvalue weighted by Crippen LogP contribution is -2.40. The van der Waals surface area contributed by atoms with Gasteiger partial charge >= 0.3 is 0 Å². The maximum Gasteiger partial charge on any atom is 0.255 e. The van der Waals surface area contributed by atoms with Crippen molar-refractivity contribution >= 4 is 34.2 Å². The standard InChI is InChI=1S/C14H19BrN2O2.ClH/c1-19-13-8-9(15)2-7-12(13)14(18)17-11-5-3-10(16)4-6-11;/h2,7-8,10-11H,3-6,16H2,1H3,(H,17,18);1H. The van der Waals surface area contributed by atoms with Gasteiger partial charge in [-0.2, -0.15) is 0 Å². The molecule has 0 radical (unpaired) electrons.